The molecule has 1 N–H and O–H groups in total. The Hall–Kier alpha value is -0.780. The van der Waals surface area contributed by atoms with Gasteiger partial charge in [0.25, 0.3) is 0 Å². The molecule has 1 aromatic carbocycles. The van der Waals surface area contributed by atoms with Crippen LogP contribution in [0.1, 0.15) is 18.9 Å². The van der Waals surface area contributed by atoms with Crippen LogP contribution in [0.5, 0.6) is 0 Å². The smallest absolute Gasteiger partial charge is 0.131 e. The van der Waals surface area contributed by atoms with Crippen LogP contribution in [0.25, 0.3) is 0 Å². The van der Waals surface area contributed by atoms with Crippen LogP contribution in [0.3, 0.4) is 0 Å². The molecule has 0 unspecified atom stereocenters. The quantitative estimate of drug-likeness (QED) is 0.839. The highest BCUT2D eigenvalue weighted by Gasteiger charge is 2.10. The highest BCUT2D eigenvalue weighted by atomic mass is 79.9. The third kappa shape index (κ3) is 5.25. The summed E-state index contributed by atoms with van der Waals surface area (Å²) >= 11 is 3.30. The molecule has 1 aromatic rings. The molecule has 0 saturated carbocycles. The van der Waals surface area contributed by atoms with E-state index in [0.29, 0.717) is 31.6 Å². The first-order valence-electron chi connectivity index (χ1n) is 5.79. The van der Waals surface area contributed by atoms with Crippen LogP contribution in [0.4, 0.5) is 4.39 Å². The minimum Gasteiger partial charge on any atom is -0.395 e. The van der Waals surface area contributed by atoms with Gasteiger partial charge in [0, 0.05) is 36.1 Å². The van der Waals surface area contributed by atoms with Gasteiger partial charge in [-0.3, -0.25) is 9.69 Å². The molecule has 100 valence electrons. The second kappa shape index (κ2) is 7.61. The molecule has 5 heteroatoms. The lowest BCUT2D eigenvalue weighted by Crippen LogP contribution is -2.29. The number of hydrogen-bond donors (Lipinski definition) is 1. The zero-order valence-corrected chi connectivity index (χ0v) is 11.9. The zero-order valence-electron chi connectivity index (χ0n) is 10.3. The molecule has 0 aliphatic rings. The van der Waals surface area contributed by atoms with Crippen molar-refractivity contribution in [3.8, 4) is 0 Å². The van der Waals surface area contributed by atoms with Crippen molar-refractivity contribution in [3.63, 3.8) is 0 Å². The number of carbonyl (C=O) groups is 1. The topological polar surface area (TPSA) is 40.5 Å². The molecule has 0 spiro atoms. The molecule has 0 aliphatic heterocycles. The van der Waals surface area contributed by atoms with E-state index in [1.54, 1.807) is 12.1 Å². The van der Waals surface area contributed by atoms with Crippen molar-refractivity contribution < 1.29 is 14.3 Å². The van der Waals surface area contributed by atoms with Gasteiger partial charge < -0.3 is 5.11 Å². The Morgan fingerprint density at radius 2 is 2.17 bits per heavy atom. The average molecular weight is 318 g/mol. The fourth-order valence-electron chi connectivity index (χ4n) is 1.63. The van der Waals surface area contributed by atoms with Gasteiger partial charge in [-0.1, -0.05) is 15.9 Å². The second-order valence-corrected chi connectivity index (χ2v) is 5.10. The maximum atomic E-state index is 13.6. The van der Waals surface area contributed by atoms with Crippen molar-refractivity contribution in [1.82, 2.24) is 4.90 Å². The first-order valence-corrected chi connectivity index (χ1v) is 6.59. The zero-order chi connectivity index (χ0) is 13.5. The standard InChI is InChI=1S/C13H17BrFNO2/c1-10(18)4-5-16(6-7-17)9-11-8-12(14)2-3-13(11)15/h2-3,8,17H,4-7,9H2,1H3. The summed E-state index contributed by atoms with van der Waals surface area (Å²) in [6.45, 7) is 2.87. The molecule has 3 nitrogen and oxygen atoms in total. The fourth-order valence-corrected chi connectivity index (χ4v) is 2.04. The average Bonchev–Trinajstić information content (AvgIpc) is 2.31. The summed E-state index contributed by atoms with van der Waals surface area (Å²) in [6.07, 6.45) is 0.412. The van der Waals surface area contributed by atoms with Crippen molar-refractivity contribution in [2.24, 2.45) is 0 Å². The number of rotatable bonds is 7. The van der Waals surface area contributed by atoms with Gasteiger partial charge in [-0.25, -0.2) is 4.39 Å². The van der Waals surface area contributed by atoms with Crippen molar-refractivity contribution in [1.29, 1.82) is 0 Å². The van der Waals surface area contributed by atoms with E-state index in [0.717, 1.165) is 4.47 Å². The van der Waals surface area contributed by atoms with E-state index in [1.165, 1.54) is 13.0 Å². The van der Waals surface area contributed by atoms with E-state index in [2.05, 4.69) is 15.9 Å². The van der Waals surface area contributed by atoms with Crippen LogP contribution in [0.15, 0.2) is 22.7 Å². The minimum atomic E-state index is -0.274. The molecule has 0 atom stereocenters. The monoisotopic (exact) mass is 317 g/mol. The molecule has 0 aromatic heterocycles. The maximum absolute atomic E-state index is 13.6. The SMILES string of the molecule is CC(=O)CCN(CCO)Cc1cc(Br)ccc1F. The van der Waals surface area contributed by atoms with Gasteiger partial charge in [0.05, 0.1) is 6.61 Å². The summed E-state index contributed by atoms with van der Waals surface area (Å²) in [5.74, 6) is -0.184. The number of halogens is 2. The predicted molar refractivity (Wildman–Crippen MR) is 71.8 cm³/mol. The van der Waals surface area contributed by atoms with Crippen molar-refractivity contribution >= 4 is 21.7 Å². The van der Waals surface area contributed by atoms with Gasteiger partial charge in [0.15, 0.2) is 0 Å². The first kappa shape index (κ1) is 15.3. The third-order valence-corrected chi connectivity index (χ3v) is 3.09. The summed E-state index contributed by atoms with van der Waals surface area (Å²) in [4.78, 5) is 12.8. The molecule has 0 radical (unpaired) electrons. The number of hydrogen-bond acceptors (Lipinski definition) is 3. The summed E-state index contributed by atoms with van der Waals surface area (Å²) in [6, 6.07) is 4.76. The molecule has 1 rings (SSSR count). The summed E-state index contributed by atoms with van der Waals surface area (Å²) < 4.78 is 14.4. The molecule has 18 heavy (non-hydrogen) atoms. The summed E-state index contributed by atoms with van der Waals surface area (Å²) in [5, 5.41) is 8.97. The Labute approximate surface area is 115 Å². The van der Waals surface area contributed by atoms with Crippen molar-refractivity contribution in [2.75, 3.05) is 19.7 Å². The highest BCUT2D eigenvalue weighted by Crippen LogP contribution is 2.17. The number of nitrogens with zero attached hydrogens (tertiary/aromatic N) is 1. The third-order valence-electron chi connectivity index (χ3n) is 2.60. The normalized spacial score (nSPS) is 10.9. The fraction of sp³-hybridized carbons (Fsp3) is 0.462. The maximum Gasteiger partial charge on any atom is 0.131 e. The highest BCUT2D eigenvalue weighted by molar-refractivity contribution is 9.10. The van der Waals surface area contributed by atoms with E-state index < -0.39 is 0 Å². The number of Topliss-reactive ketones (excluding diaryl/α,β-unsaturated/α-hetero) is 1. The molecule has 0 heterocycles. The molecular weight excluding hydrogens is 301 g/mol. The Morgan fingerprint density at radius 1 is 1.44 bits per heavy atom. The largest absolute Gasteiger partial charge is 0.395 e. The Morgan fingerprint density at radius 3 is 2.78 bits per heavy atom. The van der Waals surface area contributed by atoms with Gasteiger partial charge in [-0.15, -0.1) is 0 Å². The van der Waals surface area contributed by atoms with Crippen LogP contribution < -0.4 is 0 Å². The Bertz CT molecular complexity index is 412. The van der Waals surface area contributed by atoms with E-state index in [4.69, 9.17) is 5.11 Å². The minimum absolute atomic E-state index is 0.00642. The first-order chi connectivity index (χ1) is 8.52. The van der Waals surface area contributed by atoms with Gasteiger partial charge >= 0.3 is 0 Å². The molecule has 0 saturated heterocycles. The van der Waals surface area contributed by atoms with Crippen LogP contribution in [0.2, 0.25) is 0 Å². The lowest BCUT2D eigenvalue weighted by Gasteiger charge is -2.21. The Balaban J connectivity index is 2.69. The number of aliphatic hydroxyl groups excluding tert-OH is 1. The molecule has 0 fully saturated rings. The predicted octanol–water partition coefficient (Wildman–Crippen LogP) is 2.36. The van der Waals surface area contributed by atoms with Gasteiger partial charge in [-0.2, -0.15) is 0 Å². The van der Waals surface area contributed by atoms with Crippen LogP contribution in [0, 0.1) is 5.82 Å². The van der Waals surface area contributed by atoms with Crippen molar-refractivity contribution in [3.05, 3.63) is 34.1 Å². The van der Waals surface area contributed by atoms with E-state index >= 15 is 0 Å². The summed E-state index contributed by atoms with van der Waals surface area (Å²) in [5.41, 5.74) is 0.557. The van der Waals surface area contributed by atoms with Gasteiger partial charge in [0.1, 0.15) is 11.6 Å². The van der Waals surface area contributed by atoms with Gasteiger partial charge in [-0.05, 0) is 25.1 Å². The number of carbonyl (C=O) groups excluding carboxylic acids is 1. The van der Waals surface area contributed by atoms with Gasteiger partial charge in [0.2, 0.25) is 0 Å². The van der Waals surface area contributed by atoms with E-state index in [9.17, 15) is 9.18 Å². The molecule has 0 amide bonds. The second-order valence-electron chi connectivity index (χ2n) is 4.19. The van der Waals surface area contributed by atoms with E-state index in [1.807, 2.05) is 4.90 Å². The molecular formula is C13H17BrFNO2. The summed E-state index contributed by atoms with van der Waals surface area (Å²) in [7, 11) is 0. The molecule has 0 bridgehead atoms. The Kier molecular flexibility index (Phi) is 6.46. The van der Waals surface area contributed by atoms with Crippen LogP contribution >= 0.6 is 15.9 Å². The lowest BCUT2D eigenvalue weighted by atomic mass is 10.2. The number of ketones is 1. The number of benzene rings is 1. The van der Waals surface area contributed by atoms with Crippen LogP contribution in [-0.4, -0.2) is 35.5 Å². The lowest BCUT2D eigenvalue weighted by molar-refractivity contribution is -0.117. The van der Waals surface area contributed by atoms with Crippen molar-refractivity contribution in [2.45, 2.75) is 19.9 Å². The molecule has 0 aliphatic carbocycles. The number of aliphatic hydroxyl groups is 1. The van der Waals surface area contributed by atoms with Crippen LogP contribution in [-0.2, 0) is 11.3 Å². The van der Waals surface area contributed by atoms with E-state index in [-0.39, 0.29) is 18.2 Å².